The average molecular weight is 440 g/mol. The largest absolute Gasteiger partial charge is 0.376 e. The van der Waals surface area contributed by atoms with Crippen molar-refractivity contribution in [2.24, 2.45) is 0 Å². The molecule has 3 fully saturated rings. The summed E-state index contributed by atoms with van der Waals surface area (Å²) in [5.41, 5.74) is 3.10. The summed E-state index contributed by atoms with van der Waals surface area (Å²) in [6.45, 7) is 9.13. The molecule has 1 aromatic rings. The first-order valence-electron chi connectivity index (χ1n) is 10.9. The van der Waals surface area contributed by atoms with Gasteiger partial charge in [0.1, 0.15) is 0 Å². The van der Waals surface area contributed by atoms with E-state index in [1.165, 1.54) is 0 Å². The van der Waals surface area contributed by atoms with Crippen LogP contribution in [-0.4, -0.2) is 92.5 Å². The SMILES string of the molecule is Cc1nn([C@H]2CCS(=O)(=O)C2)c(C)c1N1CCN(CC(=O)NC[C@H]2CCCO2)CC1. The quantitative estimate of drug-likeness (QED) is 0.680. The number of carbonyl (C=O) groups is 1. The van der Waals surface area contributed by atoms with E-state index in [-0.39, 0.29) is 29.6 Å². The van der Waals surface area contributed by atoms with Gasteiger partial charge < -0.3 is 15.0 Å². The van der Waals surface area contributed by atoms with Crippen LogP contribution in [0.2, 0.25) is 0 Å². The van der Waals surface area contributed by atoms with Gasteiger partial charge in [0.05, 0.1) is 47.3 Å². The van der Waals surface area contributed by atoms with Crippen molar-refractivity contribution in [3.63, 3.8) is 0 Å². The van der Waals surface area contributed by atoms with Crippen LogP contribution >= 0.6 is 0 Å². The predicted octanol–water partition coefficient (Wildman–Crippen LogP) is 0.277. The minimum absolute atomic E-state index is 0.0570. The lowest BCUT2D eigenvalue weighted by atomic mass is 10.2. The van der Waals surface area contributed by atoms with Gasteiger partial charge in [-0.25, -0.2) is 8.42 Å². The van der Waals surface area contributed by atoms with E-state index in [9.17, 15) is 13.2 Å². The lowest BCUT2D eigenvalue weighted by Crippen LogP contribution is -2.50. The summed E-state index contributed by atoms with van der Waals surface area (Å²) in [6, 6.07) is -0.0590. The molecule has 10 heteroatoms. The van der Waals surface area contributed by atoms with E-state index in [1.807, 2.05) is 18.5 Å². The van der Waals surface area contributed by atoms with Gasteiger partial charge in [0.25, 0.3) is 0 Å². The average Bonchev–Trinajstić information content (AvgIpc) is 3.41. The number of amides is 1. The third-order valence-corrected chi connectivity index (χ3v) is 8.20. The molecule has 0 radical (unpaired) electrons. The second kappa shape index (κ2) is 8.84. The zero-order valence-electron chi connectivity index (χ0n) is 18.0. The van der Waals surface area contributed by atoms with Crippen LogP contribution in [0.4, 0.5) is 5.69 Å². The first kappa shape index (κ1) is 21.6. The summed E-state index contributed by atoms with van der Waals surface area (Å²) in [5, 5.41) is 7.68. The Labute approximate surface area is 178 Å². The highest BCUT2D eigenvalue weighted by atomic mass is 32.2. The lowest BCUT2D eigenvalue weighted by Gasteiger charge is -2.36. The van der Waals surface area contributed by atoms with Gasteiger partial charge in [-0.2, -0.15) is 5.10 Å². The first-order chi connectivity index (χ1) is 14.3. The van der Waals surface area contributed by atoms with Gasteiger partial charge in [0.2, 0.25) is 5.91 Å². The van der Waals surface area contributed by atoms with Crippen molar-refractivity contribution in [3.8, 4) is 0 Å². The van der Waals surface area contributed by atoms with E-state index in [2.05, 4.69) is 20.2 Å². The molecular formula is C20H33N5O4S. The van der Waals surface area contributed by atoms with Gasteiger partial charge in [-0.15, -0.1) is 0 Å². The third kappa shape index (κ3) is 4.81. The highest BCUT2D eigenvalue weighted by Crippen LogP contribution is 2.31. The molecule has 30 heavy (non-hydrogen) atoms. The molecule has 0 spiro atoms. The molecule has 0 unspecified atom stereocenters. The van der Waals surface area contributed by atoms with Crippen LogP contribution in [0.1, 0.15) is 36.7 Å². The Hall–Kier alpha value is -1.65. The van der Waals surface area contributed by atoms with Gasteiger partial charge >= 0.3 is 0 Å². The summed E-state index contributed by atoms with van der Waals surface area (Å²) in [6.07, 6.45) is 2.91. The van der Waals surface area contributed by atoms with E-state index in [1.54, 1.807) is 0 Å². The van der Waals surface area contributed by atoms with E-state index in [4.69, 9.17) is 4.74 Å². The van der Waals surface area contributed by atoms with Crippen molar-refractivity contribution in [2.75, 3.05) is 62.3 Å². The molecule has 3 saturated heterocycles. The minimum Gasteiger partial charge on any atom is -0.376 e. The van der Waals surface area contributed by atoms with Gasteiger partial charge in [0.15, 0.2) is 9.84 Å². The minimum atomic E-state index is -2.94. The smallest absolute Gasteiger partial charge is 0.234 e. The second-order valence-electron chi connectivity index (χ2n) is 8.72. The van der Waals surface area contributed by atoms with Crippen LogP contribution in [-0.2, 0) is 19.4 Å². The van der Waals surface area contributed by atoms with Gasteiger partial charge in [-0.05, 0) is 33.1 Å². The second-order valence-corrected chi connectivity index (χ2v) is 11.0. The Kier molecular flexibility index (Phi) is 6.36. The van der Waals surface area contributed by atoms with E-state index in [0.717, 1.165) is 62.7 Å². The molecule has 4 heterocycles. The Morgan fingerprint density at radius 2 is 1.97 bits per heavy atom. The predicted molar refractivity (Wildman–Crippen MR) is 115 cm³/mol. The highest BCUT2D eigenvalue weighted by molar-refractivity contribution is 7.91. The normalized spacial score (nSPS) is 26.9. The zero-order valence-corrected chi connectivity index (χ0v) is 18.8. The third-order valence-electron chi connectivity index (χ3n) is 6.45. The molecule has 0 aromatic carbocycles. The topological polar surface area (TPSA) is 96.8 Å². The number of aryl methyl sites for hydroxylation is 1. The Bertz CT molecular complexity index is 870. The van der Waals surface area contributed by atoms with E-state index < -0.39 is 9.84 Å². The molecule has 0 bridgehead atoms. The Morgan fingerprint density at radius 1 is 1.20 bits per heavy atom. The maximum Gasteiger partial charge on any atom is 0.234 e. The number of aromatic nitrogens is 2. The van der Waals surface area contributed by atoms with Crippen molar-refractivity contribution >= 4 is 21.4 Å². The van der Waals surface area contributed by atoms with Gasteiger partial charge in [0, 0.05) is 39.3 Å². The molecule has 4 rings (SSSR count). The number of nitrogens with zero attached hydrogens (tertiary/aromatic N) is 4. The van der Waals surface area contributed by atoms with Crippen molar-refractivity contribution in [1.29, 1.82) is 0 Å². The number of piperazine rings is 1. The summed E-state index contributed by atoms with van der Waals surface area (Å²) < 4.78 is 31.2. The molecule has 3 aliphatic rings. The van der Waals surface area contributed by atoms with Crippen LogP contribution in [0.15, 0.2) is 0 Å². The number of rotatable bonds is 6. The Balaban J connectivity index is 1.30. The molecule has 3 aliphatic heterocycles. The fraction of sp³-hybridized carbons (Fsp3) is 0.800. The molecular weight excluding hydrogens is 406 g/mol. The van der Waals surface area contributed by atoms with Crippen LogP contribution < -0.4 is 10.2 Å². The maximum absolute atomic E-state index is 12.2. The number of hydrogen-bond donors (Lipinski definition) is 1. The number of carbonyl (C=O) groups excluding carboxylic acids is 1. The molecule has 1 aromatic heterocycles. The molecule has 0 aliphatic carbocycles. The molecule has 0 saturated carbocycles. The standard InChI is InChI=1S/C20H33N5O4S/c1-15-20(16(2)25(22-15)17-5-11-30(27,28)14-17)24-8-6-23(7-9-24)13-19(26)21-12-18-4-3-10-29-18/h17-18H,3-14H2,1-2H3,(H,21,26)/t17-,18+/m0/s1. The van der Waals surface area contributed by atoms with Crippen LogP contribution in [0.25, 0.3) is 0 Å². The monoisotopic (exact) mass is 439 g/mol. The molecule has 2 atom stereocenters. The van der Waals surface area contributed by atoms with E-state index >= 15 is 0 Å². The van der Waals surface area contributed by atoms with Crippen molar-refractivity contribution in [3.05, 3.63) is 11.4 Å². The maximum atomic E-state index is 12.2. The van der Waals surface area contributed by atoms with Crippen molar-refractivity contribution < 1.29 is 17.9 Å². The van der Waals surface area contributed by atoms with Crippen LogP contribution in [0.3, 0.4) is 0 Å². The summed E-state index contributed by atoms with van der Waals surface area (Å²) in [4.78, 5) is 16.7. The zero-order chi connectivity index (χ0) is 21.3. The molecule has 168 valence electrons. The number of hydrogen-bond acceptors (Lipinski definition) is 7. The van der Waals surface area contributed by atoms with Gasteiger partial charge in [-0.1, -0.05) is 0 Å². The number of anilines is 1. The van der Waals surface area contributed by atoms with E-state index in [0.29, 0.717) is 19.5 Å². The molecule has 1 N–H and O–H groups in total. The van der Waals surface area contributed by atoms with Crippen molar-refractivity contribution in [1.82, 2.24) is 20.0 Å². The summed E-state index contributed by atoms with van der Waals surface area (Å²) >= 11 is 0. The van der Waals surface area contributed by atoms with Crippen molar-refractivity contribution in [2.45, 2.75) is 45.3 Å². The number of ether oxygens (including phenoxy) is 1. The van der Waals surface area contributed by atoms with Crippen LogP contribution in [0, 0.1) is 13.8 Å². The molecule has 9 nitrogen and oxygen atoms in total. The Morgan fingerprint density at radius 3 is 2.60 bits per heavy atom. The highest BCUT2D eigenvalue weighted by Gasteiger charge is 2.32. The summed E-state index contributed by atoms with van der Waals surface area (Å²) in [5.74, 6) is 0.490. The van der Waals surface area contributed by atoms with Crippen LogP contribution in [0.5, 0.6) is 0 Å². The fourth-order valence-corrected chi connectivity index (χ4v) is 6.55. The summed E-state index contributed by atoms with van der Waals surface area (Å²) in [7, 11) is -2.94. The molecule has 1 amide bonds. The van der Waals surface area contributed by atoms with Gasteiger partial charge in [-0.3, -0.25) is 14.4 Å². The lowest BCUT2D eigenvalue weighted by molar-refractivity contribution is -0.122. The first-order valence-corrected chi connectivity index (χ1v) is 12.8. The number of nitrogens with one attached hydrogen (secondary N) is 1. The number of sulfone groups is 1. The fourth-order valence-electron chi connectivity index (χ4n) is 4.86.